The minimum Gasteiger partial charge on any atom is -0.324 e. The number of ketones is 1. The molecule has 1 aromatic carbocycles. The molecule has 0 aliphatic carbocycles. The van der Waals surface area contributed by atoms with Gasteiger partial charge in [0.2, 0.25) is 5.78 Å². The van der Waals surface area contributed by atoms with Crippen LogP contribution in [0.5, 0.6) is 0 Å². The van der Waals surface area contributed by atoms with Gasteiger partial charge < -0.3 is 4.57 Å². The molecule has 0 fully saturated rings. The molecule has 0 radical (unpaired) electrons. The van der Waals surface area contributed by atoms with E-state index in [9.17, 15) is 4.79 Å². The molecule has 2 heterocycles. The van der Waals surface area contributed by atoms with Crippen LogP contribution in [-0.2, 0) is 7.05 Å². The van der Waals surface area contributed by atoms with Crippen LogP contribution in [0, 0.1) is 0 Å². The van der Waals surface area contributed by atoms with Gasteiger partial charge in [0.25, 0.3) is 0 Å². The second kappa shape index (κ2) is 4.82. The third kappa shape index (κ3) is 2.22. The Bertz CT molecular complexity index is 754. The first-order chi connectivity index (χ1) is 9.25. The molecule has 94 valence electrons. The largest absolute Gasteiger partial charge is 0.324 e. The number of nitrogens with zero attached hydrogens (tertiary/aromatic N) is 2. The van der Waals surface area contributed by atoms with Crippen LogP contribution in [-0.4, -0.2) is 15.3 Å². The summed E-state index contributed by atoms with van der Waals surface area (Å²) in [4.78, 5) is 17.6. The predicted molar refractivity (Wildman–Crippen MR) is 78.4 cm³/mol. The average Bonchev–Trinajstić information content (AvgIpc) is 3.05. The fraction of sp³-hybridized carbons (Fsp3) is 0.0667. The van der Waals surface area contributed by atoms with Gasteiger partial charge in [0.15, 0.2) is 5.82 Å². The SMILES string of the molecule is Cn1c(C(=O)C=Cc2cccs2)nc2ccccc21. The first-order valence-corrected chi connectivity index (χ1v) is 6.81. The van der Waals surface area contributed by atoms with Crippen molar-refractivity contribution >= 4 is 34.2 Å². The second-order valence-electron chi connectivity index (χ2n) is 4.20. The van der Waals surface area contributed by atoms with Crippen LogP contribution < -0.4 is 0 Å². The van der Waals surface area contributed by atoms with Crippen LogP contribution in [0.15, 0.2) is 47.9 Å². The normalized spacial score (nSPS) is 11.4. The number of allylic oxidation sites excluding steroid dienone is 1. The van der Waals surface area contributed by atoms with Gasteiger partial charge in [-0.1, -0.05) is 18.2 Å². The first-order valence-electron chi connectivity index (χ1n) is 5.93. The van der Waals surface area contributed by atoms with E-state index in [1.807, 2.05) is 59.5 Å². The molecule has 0 saturated carbocycles. The Balaban J connectivity index is 1.96. The minimum absolute atomic E-state index is 0.0768. The molecule has 0 bridgehead atoms. The van der Waals surface area contributed by atoms with Crippen LogP contribution in [0.4, 0.5) is 0 Å². The Hall–Kier alpha value is -2.20. The van der Waals surface area contributed by atoms with E-state index in [1.54, 1.807) is 17.4 Å². The molecule has 0 unspecified atom stereocenters. The fourth-order valence-corrected chi connectivity index (χ4v) is 2.60. The summed E-state index contributed by atoms with van der Waals surface area (Å²) in [5.41, 5.74) is 1.81. The van der Waals surface area contributed by atoms with Crippen molar-refractivity contribution in [2.75, 3.05) is 0 Å². The molecule has 19 heavy (non-hydrogen) atoms. The summed E-state index contributed by atoms with van der Waals surface area (Å²) in [6.45, 7) is 0. The standard InChI is InChI=1S/C15H12N2OS/c1-17-13-7-3-2-6-12(13)16-15(17)14(18)9-8-11-5-4-10-19-11/h2-10H,1H3. The molecule has 3 aromatic rings. The zero-order chi connectivity index (χ0) is 13.2. The van der Waals surface area contributed by atoms with Gasteiger partial charge in [-0.05, 0) is 35.7 Å². The van der Waals surface area contributed by atoms with E-state index in [2.05, 4.69) is 4.98 Å². The molecule has 0 spiro atoms. The number of carbonyl (C=O) groups excluding carboxylic acids is 1. The molecular formula is C15H12N2OS. The number of thiophene rings is 1. The van der Waals surface area contributed by atoms with Crippen molar-refractivity contribution in [2.45, 2.75) is 0 Å². The zero-order valence-corrected chi connectivity index (χ0v) is 11.2. The van der Waals surface area contributed by atoms with Crippen LogP contribution in [0.25, 0.3) is 17.1 Å². The van der Waals surface area contributed by atoms with E-state index >= 15 is 0 Å². The van der Waals surface area contributed by atoms with Crippen LogP contribution >= 0.6 is 11.3 Å². The molecule has 2 aromatic heterocycles. The number of hydrogen-bond acceptors (Lipinski definition) is 3. The summed E-state index contributed by atoms with van der Waals surface area (Å²) in [7, 11) is 1.86. The number of imidazole rings is 1. The lowest BCUT2D eigenvalue weighted by molar-refractivity contribution is 0.103. The number of rotatable bonds is 3. The molecule has 0 aliphatic rings. The third-order valence-electron chi connectivity index (χ3n) is 2.95. The van der Waals surface area contributed by atoms with E-state index in [4.69, 9.17) is 0 Å². The third-order valence-corrected chi connectivity index (χ3v) is 3.79. The molecule has 3 nitrogen and oxygen atoms in total. The van der Waals surface area contributed by atoms with Gasteiger partial charge in [-0.2, -0.15) is 0 Å². The minimum atomic E-state index is -0.0768. The maximum atomic E-state index is 12.2. The van der Waals surface area contributed by atoms with Crippen molar-refractivity contribution in [3.8, 4) is 0 Å². The summed E-state index contributed by atoms with van der Waals surface area (Å²) in [5, 5.41) is 1.99. The monoisotopic (exact) mass is 268 g/mol. The number of benzene rings is 1. The Morgan fingerprint density at radius 2 is 2.11 bits per heavy atom. The number of aromatic nitrogens is 2. The van der Waals surface area contributed by atoms with Crippen molar-refractivity contribution in [3.05, 3.63) is 58.6 Å². The average molecular weight is 268 g/mol. The summed E-state index contributed by atoms with van der Waals surface area (Å²) in [6.07, 6.45) is 3.40. The lowest BCUT2D eigenvalue weighted by Gasteiger charge is -1.97. The molecule has 0 aliphatic heterocycles. The van der Waals surface area contributed by atoms with Crippen molar-refractivity contribution < 1.29 is 4.79 Å². The molecule has 4 heteroatoms. The number of carbonyl (C=O) groups is 1. The molecule has 0 saturated heterocycles. The summed E-state index contributed by atoms with van der Waals surface area (Å²) in [5.74, 6) is 0.390. The van der Waals surface area contributed by atoms with Crippen LogP contribution in [0.2, 0.25) is 0 Å². The summed E-state index contributed by atoms with van der Waals surface area (Å²) >= 11 is 1.60. The highest BCUT2D eigenvalue weighted by molar-refractivity contribution is 7.10. The Morgan fingerprint density at radius 3 is 2.84 bits per heavy atom. The molecule has 0 amide bonds. The second-order valence-corrected chi connectivity index (χ2v) is 5.18. The van der Waals surface area contributed by atoms with Gasteiger partial charge >= 0.3 is 0 Å². The number of hydrogen-bond donors (Lipinski definition) is 0. The maximum Gasteiger partial charge on any atom is 0.221 e. The Labute approximate surface area is 114 Å². The fourth-order valence-electron chi connectivity index (χ4n) is 1.98. The van der Waals surface area contributed by atoms with Gasteiger partial charge in [-0.3, -0.25) is 4.79 Å². The van der Waals surface area contributed by atoms with E-state index in [0.29, 0.717) is 5.82 Å². The zero-order valence-electron chi connectivity index (χ0n) is 10.4. The van der Waals surface area contributed by atoms with Gasteiger partial charge in [0.1, 0.15) is 0 Å². The van der Waals surface area contributed by atoms with Gasteiger partial charge in [-0.25, -0.2) is 4.98 Å². The van der Waals surface area contributed by atoms with Crippen molar-refractivity contribution in [1.82, 2.24) is 9.55 Å². The van der Waals surface area contributed by atoms with Gasteiger partial charge in [0, 0.05) is 11.9 Å². The first kappa shape index (κ1) is 11.9. The number of fused-ring (bicyclic) bond motifs is 1. The van der Waals surface area contributed by atoms with Crippen molar-refractivity contribution in [2.24, 2.45) is 7.05 Å². The highest BCUT2D eigenvalue weighted by atomic mass is 32.1. The highest BCUT2D eigenvalue weighted by Gasteiger charge is 2.12. The van der Waals surface area contributed by atoms with Crippen molar-refractivity contribution in [3.63, 3.8) is 0 Å². The predicted octanol–water partition coefficient (Wildman–Crippen LogP) is 3.53. The maximum absolute atomic E-state index is 12.2. The van der Waals surface area contributed by atoms with E-state index < -0.39 is 0 Å². The number of aryl methyl sites for hydroxylation is 1. The molecule has 0 atom stereocenters. The lowest BCUT2D eigenvalue weighted by Crippen LogP contribution is -2.04. The van der Waals surface area contributed by atoms with Crippen LogP contribution in [0.3, 0.4) is 0 Å². The topological polar surface area (TPSA) is 34.9 Å². The quantitative estimate of drug-likeness (QED) is 0.538. The van der Waals surface area contributed by atoms with Crippen LogP contribution in [0.1, 0.15) is 15.5 Å². The Morgan fingerprint density at radius 1 is 1.26 bits per heavy atom. The summed E-state index contributed by atoms with van der Waals surface area (Å²) < 4.78 is 1.83. The highest BCUT2D eigenvalue weighted by Crippen LogP contribution is 2.16. The van der Waals surface area contributed by atoms with Gasteiger partial charge in [-0.15, -0.1) is 11.3 Å². The van der Waals surface area contributed by atoms with E-state index in [-0.39, 0.29) is 5.78 Å². The van der Waals surface area contributed by atoms with E-state index in [1.165, 1.54) is 0 Å². The van der Waals surface area contributed by atoms with Crippen molar-refractivity contribution in [1.29, 1.82) is 0 Å². The smallest absolute Gasteiger partial charge is 0.221 e. The van der Waals surface area contributed by atoms with E-state index in [0.717, 1.165) is 15.9 Å². The molecule has 3 rings (SSSR count). The Kier molecular flexibility index (Phi) is 3.01. The van der Waals surface area contributed by atoms with Gasteiger partial charge in [0.05, 0.1) is 11.0 Å². The lowest BCUT2D eigenvalue weighted by atomic mass is 10.3. The summed E-state index contributed by atoms with van der Waals surface area (Å²) in [6, 6.07) is 11.7. The molecular weight excluding hydrogens is 256 g/mol. The number of para-hydroxylation sites is 2. The molecule has 0 N–H and O–H groups in total.